The first kappa shape index (κ1) is 19.2. The van der Waals surface area contributed by atoms with Crippen LogP contribution in [-0.4, -0.2) is 34.7 Å². The Hall–Kier alpha value is -0.790. The van der Waals surface area contributed by atoms with Crippen molar-refractivity contribution in [3.05, 3.63) is 12.2 Å². The molecule has 0 heterocycles. The van der Waals surface area contributed by atoms with Gasteiger partial charge in [-0.1, -0.05) is 28.7 Å². The zero-order chi connectivity index (χ0) is 15.6. The highest BCUT2D eigenvalue weighted by Gasteiger charge is 2.18. The van der Waals surface area contributed by atoms with E-state index in [-0.39, 0.29) is 12.0 Å². The van der Waals surface area contributed by atoms with Crippen molar-refractivity contribution in [2.24, 2.45) is 0 Å². The number of carbonyl (C=O) groups excluding carboxylic acids is 2. The Kier molecular flexibility index (Phi) is 9.62. The van der Waals surface area contributed by atoms with E-state index in [1.54, 1.807) is 13.0 Å². The van der Waals surface area contributed by atoms with Crippen molar-refractivity contribution in [2.45, 2.75) is 52.2 Å². The number of amides is 1. The Bertz CT molecular complexity index is 337. The number of esters is 1. The Balaban J connectivity index is 4.04. The molecule has 0 radical (unpaired) electrons. The first-order valence-corrected chi connectivity index (χ1v) is 8.19. The second kappa shape index (κ2) is 10.0. The Morgan fingerprint density at radius 2 is 2.00 bits per heavy atom. The number of halogens is 1. The average Bonchev–Trinajstić information content (AvgIpc) is 2.31. The van der Waals surface area contributed by atoms with E-state index in [1.807, 2.05) is 20.8 Å². The van der Waals surface area contributed by atoms with E-state index in [0.29, 0.717) is 13.0 Å². The lowest BCUT2D eigenvalue weighted by atomic mass is 10.2. The monoisotopic (exact) mass is 397 g/mol. The van der Waals surface area contributed by atoms with Crippen LogP contribution in [-0.2, 0) is 14.3 Å². The number of rotatable bonds is 7. The summed E-state index contributed by atoms with van der Waals surface area (Å²) in [6.07, 6.45) is 4.21. The van der Waals surface area contributed by atoms with Crippen molar-refractivity contribution >= 4 is 34.7 Å². The normalized spacial score (nSPS) is 13.1. The van der Waals surface area contributed by atoms with E-state index < -0.39 is 11.7 Å². The molecule has 116 valence electrons. The molecule has 0 saturated heterocycles. The topological polar surface area (TPSA) is 64.6 Å². The number of hydrogen-bond donors (Lipinski definition) is 1. The first-order chi connectivity index (χ1) is 9.28. The predicted octanol–water partition coefficient (Wildman–Crippen LogP) is 3.21. The van der Waals surface area contributed by atoms with Crippen molar-refractivity contribution in [1.82, 2.24) is 5.32 Å². The fraction of sp³-hybridized carbons (Fsp3) is 0.714. The molecule has 0 bridgehead atoms. The summed E-state index contributed by atoms with van der Waals surface area (Å²) in [6.45, 7) is 7.62. The average molecular weight is 397 g/mol. The van der Waals surface area contributed by atoms with E-state index in [2.05, 4.69) is 27.9 Å². The van der Waals surface area contributed by atoms with Crippen LogP contribution in [0.5, 0.6) is 0 Å². The minimum absolute atomic E-state index is 0.0253. The number of nitrogens with one attached hydrogen (secondary N) is 1. The van der Waals surface area contributed by atoms with Gasteiger partial charge in [-0.3, -0.25) is 0 Å². The molecule has 20 heavy (non-hydrogen) atoms. The maximum absolute atomic E-state index is 11.6. The highest BCUT2D eigenvalue weighted by molar-refractivity contribution is 14.1. The number of alkyl halides is 1. The third kappa shape index (κ3) is 11.1. The highest BCUT2D eigenvalue weighted by Crippen LogP contribution is 2.08. The fourth-order valence-electron chi connectivity index (χ4n) is 1.33. The number of alkyl carbamates (subject to hydrolysis) is 1. The van der Waals surface area contributed by atoms with E-state index >= 15 is 0 Å². The largest absolute Gasteiger partial charge is 0.463 e. The van der Waals surface area contributed by atoms with Gasteiger partial charge in [-0.15, -0.1) is 0 Å². The molecule has 0 aliphatic rings. The van der Waals surface area contributed by atoms with Gasteiger partial charge in [-0.05, 0) is 40.5 Å². The van der Waals surface area contributed by atoms with Crippen molar-refractivity contribution in [2.75, 3.05) is 11.0 Å². The molecule has 1 atom stereocenters. The minimum Gasteiger partial charge on any atom is -0.463 e. The molecule has 0 aliphatic carbocycles. The summed E-state index contributed by atoms with van der Waals surface area (Å²) in [6, 6.07) is 0.0253. The molecule has 1 amide bonds. The van der Waals surface area contributed by atoms with Gasteiger partial charge in [-0.25, -0.2) is 9.59 Å². The maximum atomic E-state index is 11.6. The van der Waals surface area contributed by atoms with E-state index in [4.69, 9.17) is 9.47 Å². The molecule has 0 unspecified atom stereocenters. The number of carbonyl (C=O) groups is 2. The summed E-state index contributed by atoms with van der Waals surface area (Å²) in [5, 5.41) is 2.82. The number of hydrogen-bond acceptors (Lipinski definition) is 4. The van der Waals surface area contributed by atoms with Gasteiger partial charge in [0.25, 0.3) is 0 Å². The molecular formula is C14H24INO4. The third-order valence-electron chi connectivity index (χ3n) is 2.13. The summed E-state index contributed by atoms with van der Waals surface area (Å²) in [4.78, 5) is 22.7. The lowest BCUT2D eigenvalue weighted by molar-refractivity contribution is -0.137. The SMILES string of the molecule is CCOC(=O)/C=C\CC[C@@H](CI)NC(=O)OC(C)(C)C. The van der Waals surface area contributed by atoms with Gasteiger partial charge < -0.3 is 14.8 Å². The van der Waals surface area contributed by atoms with Gasteiger partial charge in [0.1, 0.15) is 5.60 Å². The summed E-state index contributed by atoms with van der Waals surface area (Å²) in [5.74, 6) is -0.335. The molecule has 0 aromatic rings. The molecule has 0 aromatic carbocycles. The molecule has 6 heteroatoms. The lowest BCUT2D eigenvalue weighted by Crippen LogP contribution is -2.39. The standard InChI is InChI=1S/C14H24INO4/c1-5-19-12(17)9-7-6-8-11(10-15)16-13(18)20-14(2,3)4/h7,9,11H,5-6,8,10H2,1-4H3,(H,16,18)/b9-7-/t11-/m0/s1. The maximum Gasteiger partial charge on any atom is 0.407 e. The van der Waals surface area contributed by atoms with Crippen LogP contribution >= 0.6 is 22.6 Å². The van der Waals surface area contributed by atoms with E-state index in [1.165, 1.54) is 6.08 Å². The predicted molar refractivity (Wildman–Crippen MR) is 87.1 cm³/mol. The Labute approximate surface area is 134 Å². The van der Waals surface area contributed by atoms with E-state index in [9.17, 15) is 9.59 Å². The molecule has 5 nitrogen and oxygen atoms in total. The second-order valence-corrected chi connectivity index (χ2v) is 6.11. The number of allylic oxidation sites excluding steroid dienone is 1. The summed E-state index contributed by atoms with van der Waals surface area (Å²) < 4.78 is 10.8. The highest BCUT2D eigenvalue weighted by atomic mass is 127. The molecule has 0 saturated carbocycles. The van der Waals surface area contributed by atoms with Gasteiger partial charge in [0.15, 0.2) is 0 Å². The summed E-state index contributed by atoms with van der Waals surface area (Å²) in [7, 11) is 0. The molecule has 0 aromatic heterocycles. The molecule has 0 aliphatic heterocycles. The van der Waals surface area contributed by atoms with Crippen molar-refractivity contribution in [3.63, 3.8) is 0 Å². The quantitative estimate of drug-likeness (QED) is 0.310. The molecular weight excluding hydrogens is 373 g/mol. The van der Waals surface area contributed by atoms with Crippen LogP contribution in [0.3, 0.4) is 0 Å². The molecule has 0 fully saturated rings. The molecule has 1 N–H and O–H groups in total. The Morgan fingerprint density at radius 3 is 2.50 bits per heavy atom. The molecule has 0 spiro atoms. The van der Waals surface area contributed by atoms with E-state index in [0.717, 1.165) is 10.8 Å². The van der Waals surface area contributed by atoms with Crippen LogP contribution in [0.15, 0.2) is 12.2 Å². The zero-order valence-electron chi connectivity index (χ0n) is 12.6. The second-order valence-electron chi connectivity index (χ2n) is 5.23. The van der Waals surface area contributed by atoms with Gasteiger partial charge in [0.2, 0.25) is 0 Å². The number of ether oxygens (including phenoxy) is 2. The van der Waals surface area contributed by atoms with Crippen LogP contribution in [0.2, 0.25) is 0 Å². The van der Waals surface area contributed by atoms with Crippen LogP contribution in [0.4, 0.5) is 4.79 Å². The summed E-state index contributed by atoms with van der Waals surface area (Å²) >= 11 is 2.21. The fourth-order valence-corrected chi connectivity index (χ4v) is 1.99. The van der Waals surface area contributed by atoms with Gasteiger partial charge in [0, 0.05) is 16.5 Å². The smallest absolute Gasteiger partial charge is 0.407 e. The van der Waals surface area contributed by atoms with Crippen LogP contribution in [0.1, 0.15) is 40.5 Å². The zero-order valence-corrected chi connectivity index (χ0v) is 14.7. The van der Waals surface area contributed by atoms with Crippen molar-refractivity contribution < 1.29 is 19.1 Å². The molecule has 0 rings (SSSR count). The van der Waals surface area contributed by atoms with Crippen LogP contribution in [0.25, 0.3) is 0 Å². The van der Waals surface area contributed by atoms with Crippen molar-refractivity contribution in [1.29, 1.82) is 0 Å². The Morgan fingerprint density at radius 1 is 1.35 bits per heavy atom. The first-order valence-electron chi connectivity index (χ1n) is 6.67. The van der Waals surface area contributed by atoms with Crippen molar-refractivity contribution in [3.8, 4) is 0 Å². The van der Waals surface area contributed by atoms with Crippen LogP contribution < -0.4 is 5.32 Å². The third-order valence-corrected chi connectivity index (χ3v) is 3.19. The summed E-state index contributed by atoms with van der Waals surface area (Å²) in [5.41, 5.74) is -0.496. The minimum atomic E-state index is -0.496. The van der Waals surface area contributed by atoms with Gasteiger partial charge in [-0.2, -0.15) is 0 Å². The van der Waals surface area contributed by atoms with Gasteiger partial charge >= 0.3 is 12.1 Å². The van der Waals surface area contributed by atoms with Crippen LogP contribution in [0, 0.1) is 0 Å². The lowest BCUT2D eigenvalue weighted by Gasteiger charge is -2.22. The van der Waals surface area contributed by atoms with Gasteiger partial charge in [0.05, 0.1) is 6.61 Å².